The van der Waals surface area contributed by atoms with Gasteiger partial charge in [0.25, 0.3) is 11.5 Å². The van der Waals surface area contributed by atoms with E-state index in [9.17, 15) is 9.59 Å². The van der Waals surface area contributed by atoms with E-state index in [1.54, 1.807) is 6.07 Å². The Morgan fingerprint density at radius 1 is 1.47 bits per heavy atom. The van der Waals surface area contributed by atoms with Crippen molar-refractivity contribution < 1.29 is 4.79 Å². The maximum atomic E-state index is 11.9. The second-order valence-corrected chi connectivity index (χ2v) is 9.20. The van der Waals surface area contributed by atoms with Gasteiger partial charge in [0, 0.05) is 0 Å². The molecule has 0 atom stereocenters. The van der Waals surface area contributed by atoms with Crippen LogP contribution in [0.5, 0.6) is 0 Å². The summed E-state index contributed by atoms with van der Waals surface area (Å²) in [5.74, 6) is -0.207. The van der Waals surface area contributed by atoms with Gasteiger partial charge in [0.1, 0.15) is 5.69 Å². The first kappa shape index (κ1) is 11.8. The Bertz CT molecular complexity index is 524. The average Bonchev–Trinajstić information content (AvgIpc) is 2.32. The molecule has 0 aliphatic carbocycles. The number of carbonyl (C=O) groups is 1. The highest BCUT2D eigenvalue weighted by molar-refractivity contribution is 14.2. The summed E-state index contributed by atoms with van der Waals surface area (Å²) in [5.41, 5.74) is 1.03. The zero-order valence-corrected chi connectivity index (χ0v) is 13.4. The van der Waals surface area contributed by atoms with Crippen molar-refractivity contribution in [3.8, 4) is 0 Å². The highest BCUT2D eigenvalue weighted by Crippen LogP contribution is 2.36. The normalized spacial score (nSPS) is 17.5. The van der Waals surface area contributed by atoms with Crippen molar-refractivity contribution in [3.63, 3.8) is 0 Å². The number of aryl methyl sites for hydroxylation is 1. The predicted molar refractivity (Wildman–Crippen MR) is 76.6 cm³/mol. The van der Waals surface area contributed by atoms with E-state index in [0.717, 1.165) is 5.56 Å². The largest absolute Gasteiger partial charge is 0.311 e. The van der Waals surface area contributed by atoms with E-state index in [1.807, 2.05) is 52.1 Å². The Morgan fingerprint density at radius 3 is 2.67 bits per heavy atom. The second kappa shape index (κ2) is 3.69. The third-order valence-corrected chi connectivity index (χ3v) is 4.18. The van der Waals surface area contributed by atoms with E-state index in [1.165, 1.54) is 4.57 Å². The molecule has 0 aromatic carbocycles. The standard InChI is InChI=1S/C8H5BrI2N2O2/c1-3-2-4(9)7(15)13-5(3)6(14)12-8(13,10)11/h2H,1H3,(H,12,14). The maximum Gasteiger partial charge on any atom is 0.271 e. The molecular formula is C8H5BrI2N2O2. The number of aromatic nitrogens is 1. The van der Waals surface area contributed by atoms with Crippen LogP contribution in [0.4, 0.5) is 0 Å². The van der Waals surface area contributed by atoms with Crippen molar-refractivity contribution in [3.05, 3.63) is 32.2 Å². The van der Waals surface area contributed by atoms with E-state index >= 15 is 0 Å². The third kappa shape index (κ3) is 1.75. The van der Waals surface area contributed by atoms with Gasteiger partial charge in [-0.25, -0.2) is 0 Å². The van der Waals surface area contributed by atoms with Crippen molar-refractivity contribution in [1.29, 1.82) is 0 Å². The van der Waals surface area contributed by atoms with Crippen LogP contribution in [0.15, 0.2) is 15.3 Å². The molecule has 1 N–H and O–H groups in total. The molecule has 0 spiro atoms. The van der Waals surface area contributed by atoms with Crippen LogP contribution in [-0.4, -0.2) is 10.5 Å². The fraction of sp³-hybridized carbons (Fsp3) is 0.250. The number of amides is 1. The molecule has 2 heterocycles. The highest BCUT2D eigenvalue weighted by Gasteiger charge is 2.40. The Labute approximate surface area is 121 Å². The van der Waals surface area contributed by atoms with Gasteiger partial charge in [0.2, 0.25) is 1.68 Å². The Balaban J connectivity index is 2.91. The number of carbonyl (C=O) groups excluding carboxylic acids is 1. The Kier molecular flexibility index (Phi) is 2.91. The first-order valence-corrected chi connectivity index (χ1v) is 6.92. The summed E-state index contributed by atoms with van der Waals surface area (Å²) in [6.07, 6.45) is 0. The molecule has 1 aliphatic heterocycles. The van der Waals surface area contributed by atoms with Crippen molar-refractivity contribution in [2.45, 2.75) is 8.60 Å². The molecule has 4 nitrogen and oxygen atoms in total. The lowest BCUT2D eigenvalue weighted by Gasteiger charge is -2.17. The van der Waals surface area contributed by atoms with Gasteiger partial charge in [-0.05, 0) is 79.7 Å². The zero-order valence-electron chi connectivity index (χ0n) is 7.47. The molecule has 0 saturated heterocycles. The molecule has 0 bridgehead atoms. The van der Waals surface area contributed by atoms with Crippen LogP contribution in [0, 0.1) is 6.92 Å². The van der Waals surface area contributed by atoms with Crippen LogP contribution in [0.2, 0.25) is 0 Å². The summed E-state index contributed by atoms with van der Waals surface area (Å²) in [6.45, 7) is 1.81. The SMILES string of the molecule is Cc1cc(Br)c(=O)n2c1C(=O)NC2(I)I. The summed E-state index contributed by atoms with van der Waals surface area (Å²) in [7, 11) is 0. The van der Waals surface area contributed by atoms with Gasteiger partial charge >= 0.3 is 0 Å². The number of nitrogens with zero attached hydrogens (tertiary/aromatic N) is 1. The zero-order chi connectivity index (χ0) is 11.4. The molecule has 0 saturated carbocycles. The minimum Gasteiger partial charge on any atom is -0.311 e. The molecule has 0 radical (unpaired) electrons. The topological polar surface area (TPSA) is 51.1 Å². The van der Waals surface area contributed by atoms with Crippen molar-refractivity contribution in [2.24, 2.45) is 0 Å². The number of nitrogens with one attached hydrogen (secondary N) is 1. The lowest BCUT2D eigenvalue weighted by atomic mass is 10.2. The number of pyridine rings is 1. The van der Waals surface area contributed by atoms with Crippen molar-refractivity contribution in [2.75, 3.05) is 0 Å². The quantitative estimate of drug-likeness (QED) is 0.341. The first-order valence-electron chi connectivity index (χ1n) is 3.97. The lowest BCUT2D eigenvalue weighted by molar-refractivity contribution is 0.0964. The van der Waals surface area contributed by atoms with Gasteiger partial charge in [0.15, 0.2) is 0 Å². The van der Waals surface area contributed by atoms with Crippen molar-refractivity contribution in [1.82, 2.24) is 9.88 Å². The monoisotopic (exact) mass is 494 g/mol. The van der Waals surface area contributed by atoms with E-state index in [0.29, 0.717) is 10.2 Å². The molecule has 2 rings (SSSR count). The highest BCUT2D eigenvalue weighted by atomic mass is 127. The third-order valence-electron chi connectivity index (χ3n) is 2.11. The lowest BCUT2D eigenvalue weighted by Crippen LogP contribution is -2.36. The van der Waals surface area contributed by atoms with Crippen LogP contribution < -0.4 is 10.9 Å². The molecular weight excluding hydrogens is 490 g/mol. The van der Waals surface area contributed by atoms with Gasteiger partial charge in [0.05, 0.1) is 4.47 Å². The number of fused-ring (bicyclic) bond motifs is 1. The molecule has 7 heteroatoms. The first-order chi connectivity index (χ1) is 6.84. The second-order valence-electron chi connectivity index (χ2n) is 3.16. The Morgan fingerprint density at radius 2 is 2.07 bits per heavy atom. The molecule has 80 valence electrons. The summed E-state index contributed by atoms with van der Waals surface area (Å²) in [4.78, 5) is 23.6. The van der Waals surface area contributed by atoms with Gasteiger partial charge in [-0.15, -0.1) is 0 Å². The number of rotatable bonds is 0. The Hall–Kier alpha value is 0.360. The molecule has 1 aromatic rings. The molecule has 0 unspecified atom stereocenters. The van der Waals surface area contributed by atoms with E-state index < -0.39 is 1.68 Å². The van der Waals surface area contributed by atoms with Gasteiger partial charge in [-0.2, -0.15) is 0 Å². The number of alkyl halides is 2. The number of halogens is 3. The fourth-order valence-corrected chi connectivity index (χ4v) is 3.44. The van der Waals surface area contributed by atoms with E-state index in [2.05, 4.69) is 21.2 Å². The molecule has 1 aromatic heterocycles. The van der Waals surface area contributed by atoms with E-state index in [4.69, 9.17) is 0 Å². The van der Waals surface area contributed by atoms with Gasteiger partial charge in [-0.1, -0.05) is 0 Å². The van der Waals surface area contributed by atoms with Crippen LogP contribution in [0.1, 0.15) is 16.1 Å². The predicted octanol–water partition coefficient (Wildman–Crippen LogP) is 2.10. The molecule has 0 fully saturated rings. The van der Waals surface area contributed by atoms with Gasteiger partial charge < -0.3 is 5.32 Å². The van der Waals surface area contributed by atoms with Crippen LogP contribution in [0.3, 0.4) is 0 Å². The molecule has 1 amide bonds. The average molecular weight is 495 g/mol. The minimum absolute atomic E-state index is 0.197. The summed E-state index contributed by atoms with van der Waals surface area (Å²) < 4.78 is 1.22. The maximum absolute atomic E-state index is 11.9. The number of hydrogen-bond acceptors (Lipinski definition) is 2. The summed E-state index contributed by atoms with van der Waals surface area (Å²) >= 11 is 7.25. The summed E-state index contributed by atoms with van der Waals surface area (Å²) in [6, 6.07) is 1.67. The van der Waals surface area contributed by atoms with Gasteiger partial charge in [-0.3, -0.25) is 14.2 Å². The van der Waals surface area contributed by atoms with Crippen LogP contribution in [0.25, 0.3) is 0 Å². The smallest absolute Gasteiger partial charge is 0.271 e. The van der Waals surface area contributed by atoms with Crippen molar-refractivity contribution >= 4 is 67.0 Å². The minimum atomic E-state index is -0.715. The molecule has 15 heavy (non-hydrogen) atoms. The van der Waals surface area contributed by atoms with Crippen LogP contribution >= 0.6 is 61.1 Å². The fourth-order valence-electron chi connectivity index (χ4n) is 1.51. The summed E-state index contributed by atoms with van der Waals surface area (Å²) in [5, 5.41) is 2.74. The van der Waals surface area contributed by atoms with E-state index in [-0.39, 0.29) is 11.5 Å². The number of hydrogen-bond donors (Lipinski definition) is 1. The molecule has 1 aliphatic rings. The van der Waals surface area contributed by atoms with Crippen LogP contribution in [-0.2, 0) is 1.68 Å².